The summed E-state index contributed by atoms with van der Waals surface area (Å²) >= 11 is 3.40. The molecule has 2 rings (SSSR count). The van der Waals surface area contributed by atoms with Gasteiger partial charge in [-0.15, -0.1) is 0 Å². The molecule has 2 atom stereocenters. The summed E-state index contributed by atoms with van der Waals surface area (Å²) in [5, 5.41) is 9.16. The van der Waals surface area contributed by atoms with Crippen LogP contribution in [0.15, 0.2) is 58.9 Å². The van der Waals surface area contributed by atoms with Crippen LogP contribution in [-0.4, -0.2) is 36.1 Å². The number of rotatable bonds is 8. The van der Waals surface area contributed by atoms with Crippen LogP contribution >= 0.6 is 15.9 Å². The highest BCUT2D eigenvalue weighted by molar-refractivity contribution is 9.10. The largest absolute Gasteiger partial charge is 0.488 e. The minimum atomic E-state index is -1.99. The van der Waals surface area contributed by atoms with Crippen molar-refractivity contribution in [2.75, 3.05) is 13.2 Å². The molecule has 0 aliphatic heterocycles. The van der Waals surface area contributed by atoms with E-state index in [-0.39, 0.29) is 19.4 Å². The molecule has 7 heteroatoms. The van der Waals surface area contributed by atoms with Crippen molar-refractivity contribution in [2.24, 2.45) is 0 Å². The summed E-state index contributed by atoms with van der Waals surface area (Å²) in [6.07, 6.45) is 5.78. The summed E-state index contributed by atoms with van der Waals surface area (Å²) in [6, 6.07) is 5.27. The Kier molecular flexibility index (Phi) is 8.62. The first kappa shape index (κ1) is 22.9. The van der Waals surface area contributed by atoms with E-state index in [0.29, 0.717) is 16.8 Å². The summed E-state index contributed by atoms with van der Waals surface area (Å²) in [7, 11) is 0. The molecule has 0 spiro atoms. The second kappa shape index (κ2) is 10.9. The van der Waals surface area contributed by atoms with Crippen LogP contribution < -0.4 is 4.74 Å². The monoisotopic (exact) mass is 466 g/mol. The summed E-state index contributed by atoms with van der Waals surface area (Å²) in [6.45, 7) is 2.27. The average Bonchev–Trinajstić information content (AvgIpc) is 2.65. The molecule has 0 saturated carbocycles. The van der Waals surface area contributed by atoms with E-state index >= 15 is 0 Å². The standard InChI is InChI=1S/C22H21BrF2O4/c1-2-28-20(21(26)27)14-16-8-9-19(18(23)13-16)29-12-5-3-4-10-22(25)11-6-7-17(24)15-22/h3,5-9,11,13,20H,2,12,14-15H2,1H3,(H,26,27)/b5-3+/t20-,22?/m0/s1. The molecule has 0 saturated heterocycles. The Morgan fingerprint density at radius 2 is 2.28 bits per heavy atom. The second-order valence-electron chi connectivity index (χ2n) is 6.25. The van der Waals surface area contributed by atoms with Crippen LogP contribution in [0.25, 0.3) is 0 Å². The maximum atomic E-state index is 14.2. The first-order valence-electron chi connectivity index (χ1n) is 8.99. The van der Waals surface area contributed by atoms with Gasteiger partial charge in [-0.3, -0.25) is 0 Å². The molecule has 0 heterocycles. The number of carbonyl (C=O) groups is 1. The van der Waals surface area contributed by atoms with Gasteiger partial charge in [-0.05, 0) is 64.9 Å². The number of allylic oxidation sites excluding steroid dienone is 5. The maximum absolute atomic E-state index is 14.2. The van der Waals surface area contributed by atoms with Crippen LogP contribution in [0.4, 0.5) is 8.78 Å². The lowest BCUT2D eigenvalue weighted by atomic mass is 9.97. The van der Waals surface area contributed by atoms with Gasteiger partial charge in [0.05, 0.1) is 4.47 Å². The van der Waals surface area contributed by atoms with Crippen molar-refractivity contribution < 1.29 is 28.2 Å². The van der Waals surface area contributed by atoms with Gasteiger partial charge >= 0.3 is 5.97 Å². The minimum Gasteiger partial charge on any atom is -0.488 e. The molecule has 154 valence electrons. The smallest absolute Gasteiger partial charge is 0.333 e. The molecule has 0 aromatic heterocycles. The van der Waals surface area contributed by atoms with Crippen molar-refractivity contribution in [3.63, 3.8) is 0 Å². The summed E-state index contributed by atoms with van der Waals surface area (Å²) in [4.78, 5) is 11.2. The molecular weight excluding hydrogens is 446 g/mol. The van der Waals surface area contributed by atoms with Crippen LogP contribution in [0.1, 0.15) is 18.9 Å². The van der Waals surface area contributed by atoms with E-state index in [4.69, 9.17) is 14.6 Å². The summed E-state index contributed by atoms with van der Waals surface area (Å²) in [5.74, 6) is 3.97. The van der Waals surface area contributed by atoms with Crippen LogP contribution in [0.5, 0.6) is 5.75 Å². The van der Waals surface area contributed by atoms with Crippen molar-refractivity contribution in [1.29, 1.82) is 0 Å². The Morgan fingerprint density at radius 3 is 2.93 bits per heavy atom. The zero-order valence-electron chi connectivity index (χ0n) is 15.8. The number of aliphatic carboxylic acids is 1. The number of halogens is 3. The van der Waals surface area contributed by atoms with Gasteiger partial charge in [0, 0.05) is 19.4 Å². The van der Waals surface area contributed by atoms with E-state index in [0.717, 1.165) is 5.56 Å². The zero-order chi connectivity index (χ0) is 21.3. The van der Waals surface area contributed by atoms with Gasteiger partial charge in [-0.1, -0.05) is 24.0 Å². The molecule has 1 aliphatic carbocycles. The Hall–Kier alpha value is -2.43. The number of benzene rings is 1. The molecule has 1 aromatic rings. The Bertz CT molecular complexity index is 883. The Balaban J connectivity index is 1.88. The molecule has 0 amide bonds. The molecule has 0 radical (unpaired) electrons. The topological polar surface area (TPSA) is 55.8 Å². The highest BCUT2D eigenvalue weighted by Crippen LogP contribution is 2.28. The molecule has 0 fully saturated rings. The fourth-order valence-corrected chi connectivity index (χ4v) is 3.12. The van der Waals surface area contributed by atoms with E-state index in [9.17, 15) is 13.6 Å². The lowest BCUT2D eigenvalue weighted by molar-refractivity contribution is -0.149. The third kappa shape index (κ3) is 7.48. The van der Waals surface area contributed by atoms with Crippen LogP contribution in [0, 0.1) is 11.8 Å². The summed E-state index contributed by atoms with van der Waals surface area (Å²) < 4.78 is 38.8. The predicted octanol–water partition coefficient (Wildman–Crippen LogP) is 4.94. The normalized spacial score (nSPS) is 19.4. The Morgan fingerprint density at radius 1 is 1.48 bits per heavy atom. The van der Waals surface area contributed by atoms with Crippen LogP contribution in [-0.2, 0) is 16.0 Å². The molecule has 1 unspecified atom stereocenters. The summed E-state index contributed by atoms with van der Waals surface area (Å²) in [5.41, 5.74) is -1.19. The van der Waals surface area contributed by atoms with E-state index in [1.807, 2.05) is 0 Å². The van der Waals surface area contributed by atoms with Gasteiger partial charge in [-0.25, -0.2) is 13.6 Å². The molecule has 4 nitrogen and oxygen atoms in total. The quantitative estimate of drug-likeness (QED) is 0.551. The zero-order valence-corrected chi connectivity index (χ0v) is 17.4. The number of hydrogen-bond donors (Lipinski definition) is 1. The molecular formula is C22H21BrF2O4. The van der Waals surface area contributed by atoms with Gasteiger partial charge in [0.25, 0.3) is 0 Å². The number of ether oxygens (including phenoxy) is 2. The van der Waals surface area contributed by atoms with Gasteiger partial charge < -0.3 is 14.6 Å². The van der Waals surface area contributed by atoms with Crippen molar-refractivity contribution in [3.8, 4) is 17.6 Å². The number of alkyl halides is 1. The number of carboxylic acids is 1. The minimum absolute atomic E-state index is 0.201. The van der Waals surface area contributed by atoms with Gasteiger partial charge in [0.2, 0.25) is 0 Å². The first-order valence-corrected chi connectivity index (χ1v) is 9.78. The molecule has 0 bridgehead atoms. The van der Waals surface area contributed by atoms with E-state index in [1.165, 1.54) is 24.3 Å². The van der Waals surface area contributed by atoms with Crippen LogP contribution in [0.3, 0.4) is 0 Å². The third-order valence-electron chi connectivity index (χ3n) is 3.94. The highest BCUT2D eigenvalue weighted by Gasteiger charge is 2.27. The first-order chi connectivity index (χ1) is 13.8. The van der Waals surface area contributed by atoms with Gasteiger partial charge in [-0.2, -0.15) is 0 Å². The predicted molar refractivity (Wildman–Crippen MR) is 110 cm³/mol. The van der Waals surface area contributed by atoms with E-state index < -0.39 is 23.6 Å². The third-order valence-corrected chi connectivity index (χ3v) is 4.56. The van der Waals surface area contributed by atoms with Crippen LogP contribution in [0.2, 0.25) is 0 Å². The van der Waals surface area contributed by atoms with Crippen molar-refractivity contribution >= 4 is 21.9 Å². The molecule has 1 aromatic carbocycles. The fraction of sp³-hybridized carbons (Fsp3) is 0.318. The van der Waals surface area contributed by atoms with E-state index in [1.54, 1.807) is 31.2 Å². The number of hydrogen-bond acceptors (Lipinski definition) is 3. The number of carboxylic acid groups (broad SMARTS) is 1. The average molecular weight is 467 g/mol. The highest BCUT2D eigenvalue weighted by atomic mass is 79.9. The van der Waals surface area contributed by atoms with Gasteiger partial charge in [0.1, 0.15) is 18.2 Å². The molecule has 29 heavy (non-hydrogen) atoms. The molecule has 1 aliphatic rings. The maximum Gasteiger partial charge on any atom is 0.333 e. The lowest BCUT2D eigenvalue weighted by Gasteiger charge is -2.15. The fourth-order valence-electron chi connectivity index (χ4n) is 2.58. The van der Waals surface area contributed by atoms with Gasteiger partial charge in [0.15, 0.2) is 11.8 Å². The lowest BCUT2D eigenvalue weighted by Crippen LogP contribution is -2.26. The Labute approximate surface area is 177 Å². The van der Waals surface area contributed by atoms with Crippen molar-refractivity contribution in [1.82, 2.24) is 0 Å². The van der Waals surface area contributed by atoms with E-state index in [2.05, 4.69) is 27.8 Å². The van der Waals surface area contributed by atoms with Crippen molar-refractivity contribution in [2.45, 2.75) is 31.5 Å². The molecule has 1 N–H and O–H groups in total. The second-order valence-corrected chi connectivity index (χ2v) is 7.10. The van der Waals surface area contributed by atoms with Crippen molar-refractivity contribution in [3.05, 3.63) is 64.4 Å². The SMILES string of the molecule is CCO[C@@H](Cc1ccc(OC/C=C/C#CC2(F)C=CC=C(F)C2)c(Br)c1)C(=O)O.